The van der Waals surface area contributed by atoms with Gasteiger partial charge in [-0.1, -0.05) is 140 Å². The van der Waals surface area contributed by atoms with Crippen LogP contribution in [0.25, 0.3) is 0 Å². The number of unbranched alkanes of at least 4 members (excludes halogenated alkanes) is 18. The highest BCUT2D eigenvalue weighted by Gasteiger charge is 2.40. The molecule has 0 aromatic rings. The van der Waals surface area contributed by atoms with Crippen molar-refractivity contribution in [1.82, 2.24) is 4.90 Å². The molecule has 0 spiro atoms. The molecule has 6 nitrogen and oxygen atoms in total. The number of amides is 1. The van der Waals surface area contributed by atoms with Crippen LogP contribution in [0, 0.1) is 0 Å². The van der Waals surface area contributed by atoms with Gasteiger partial charge >= 0.3 is 6.09 Å². The van der Waals surface area contributed by atoms with Crippen LogP contribution in [0.3, 0.4) is 0 Å². The number of allylic oxidation sites excluding steroid dienone is 8. The Morgan fingerprint density at radius 1 is 0.604 bits per heavy atom. The minimum absolute atomic E-state index is 0.124. The third-order valence-electron chi connectivity index (χ3n) is 9.14. The van der Waals surface area contributed by atoms with Crippen LogP contribution in [-0.2, 0) is 9.47 Å². The topological polar surface area (TPSA) is 79.2 Å². The summed E-state index contributed by atoms with van der Waals surface area (Å²) >= 11 is 0. The molecule has 48 heavy (non-hydrogen) atoms. The van der Waals surface area contributed by atoms with Crippen molar-refractivity contribution in [2.45, 2.75) is 193 Å². The summed E-state index contributed by atoms with van der Waals surface area (Å²) in [6.07, 6.45) is 45.1. The van der Waals surface area contributed by atoms with E-state index in [1.807, 2.05) is 0 Å². The van der Waals surface area contributed by atoms with Gasteiger partial charge in [-0.05, 0) is 77.0 Å². The van der Waals surface area contributed by atoms with Gasteiger partial charge in [0, 0.05) is 19.6 Å². The van der Waals surface area contributed by atoms with E-state index in [2.05, 4.69) is 62.5 Å². The molecule has 1 amide bonds. The summed E-state index contributed by atoms with van der Waals surface area (Å²) in [5, 5.41) is 19.9. The van der Waals surface area contributed by atoms with E-state index in [1.165, 1.54) is 108 Å². The molecule has 2 N–H and O–H groups in total. The fourth-order valence-corrected chi connectivity index (χ4v) is 6.17. The maximum atomic E-state index is 11.8. The molecule has 0 aromatic carbocycles. The SMILES string of the molecule is CCCCCC=CCC=CCCCCCCCCOC(OCCCCCCCCC=CCC=CCCCCC)[C@@H]1C[C@@H](O)CN1C(=O)O. The lowest BCUT2D eigenvalue weighted by Crippen LogP contribution is -2.44. The van der Waals surface area contributed by atoms with Gasteiger partial charge in [0.05, 0.1) is 18.7 Å². The van der Waals surface area contributed by atoms with Crippen LogP contribution in [0.4, 0.5) is 4.79 Å². The lowest BCUT2D eigenvalue weighted by Gasteiger charge is -2.29. The molecule has 6 heteroatoms. The van der Waals surface area contributed by atoms with Crippen molar-refractivity contribution < 1.29 is 24.5 Å². The molecule has 1 saturated heterocycles. The average molecular weight is 674 g/mol. The zero-order valence-corrected chi connectivity index (χ0v) is 31.2. The quantitative estimate of drug-likeness (QED) is 0.0412. The number of aliphatic hydroxyl groups is 1. The number of carbonyl (C=O) groups is 1. The fourth-order valence-electron chi connectivity index (χ4n) is 6.17. The third-order valence-corrected chi connectivity index (χ3v) is 9.14. The smallest absolute Gasteiger partial charge is 0.407 e. The van der Waals surface area contributed by atoms with E-state index in [1.54, 1.807) is 0 Å². The largest absolute Gasteiger partial charge is 0.465 e. The molecule has 1 rings (SSSR count). The van der Waals surface area contributed by atoms with Crippen LogP contribution in [0.5, 0.6) is 0 Å². The van der Waals surface area contributed by atoms with Gasteiger partial charge in [-0.3, -0.25) is 4.90 Å². The van der Waals surface area contributed by atoms with Crippen molar-refractivity contribution in [3.05, 3.63) is 48.6 Å². The first-order chi connectivity index (χ1) is 23.6. The van der Waals surface area contributed by atoms with Gasteiger partial charge in [0.15, 0.2) is 6.29 Å². The molecule has 278 valence electrons. The van der Waals surface area contributed by atoms with Crippen molar-refractivity contribution in [3.8, 4) is 0 Å². The summed E-state index contributed by atoms with van der Waals surface area (Å²) in [7, 11) is 0. The van der Waals surface area contributed by atoms with E-state index in [0.29, 0.717) is 19.6 Å². The molecule has 0 unspecified atom stereocenters. The van der Waals surface area contributed by atoms with Gasteiger partial charge in [-0.25, -0.2) is 4.79 Å². The van der Waals surface area contributed by atoms with E-state index in [9.17, 15) is 15.0 Å². The highest BCUT2D eigenvalue weighted by molar-refractivity contribution is 5.66. The minimum Gasteiger partial charge on any atom is -0.465 e. The summed E-state index contributed by atoms with van der Waals surface area (Å²) in [5.41, 5.74) is 0. The summed E-state index contributed by atoms with van der Waals surface area (Å²) in [4.78, 5) is 13.1. The van der Waals surface area contributed by atoms with Gasteiger partial charge in [0.25, 0.3) is 0 Å². The van der Waals surface area contributed by atoms with Crippen LogP contribution < -0.4 is 0 Å². The van der Waals surface area contributed by atoms with Crippen LogP contribution in [0.15, 0.2) is 48.6 Å². The Morgan fingerprint density at radius 2 is 0.979 bits per heavy atom. The zero-order valence-electron chi connectivity index (χ0n) is 31.2. The van der Waals surface area contributed by atoms with E-state index >= 15 is 0 Å². The second-order valence-electron chi connectivity index (χ2n) is 13.7. The van der Waals surface area contributed by atoms with Crippen LogP contribution in [-0.4, -0.2) is 59.4 Å². The number of ether oxygens (including phenoxy) is 2. The van der Waals surface area contributed by atoms with Crippen molar-refractivity contribution in [1.29, 1.82) is 0 Å². The molecule has 1 aliphatic rings. The number of hydrogen-bond donors (Lipinski definition) is 2. The van der Waals surface area contributed by atoms with E-state index < -0.39 is 24.5 Å². The van der Waals surface area contributed by atoms with Crippen LogP contribution in [0.2, 0.25) is 0 Å². The first-order valence-electron chi connectivity index (χ1n) is 20.1. The minimum atomic E-state index is -1.02. The average Bonchev–Trinajstić information content (AvgIpc) is 3.48. The molecular formula is C42H75NO5. The normalized spacial score (nSPS) is 17.7. The maximum absolute atomic E-state index is 11.8. The first-order valence-corrected chi connectivity index (χ1v) is 20.1. The number of nitrogens with zero attached hydrogens (tertiary/aromatic N) is 1. The molecule has 0 aromatic heterocycles. The summed E-state index contributed by atoms with van der Waals surface area (Å²) in [6, 6.07) is -0.452. The second kappa shape index (κ2) is 33.6. The van der Waals surface area contributed by atoms with Crippen LogP contribution >= 0.6 is 0 Å². The Labute approximate surface area is 296 Å². The molecular weight excluding hydrogens is 598 g/mol. The van der Waals surface area contributed by atoms with Gasteiger partial charge in [0.1, 0.15) is 0 Å². The Morgan fingerprint density at radius 3 is 1.38 bits per heavy atom. The molecule has 0 saturated carbocycles. The first kappa shape index (κ1) is 44.1. The number of rotatable bonds is 33. The predicted molar refractivity (Wildman–Crippen MR) is 204 cm³/mol. The van der Waals surface area contributed by atoms with Crippen molar-refractivity contribution in [2.75, 3.05) is 19.8 Å². The van der Waals surface area contributed by atoms with Crippen molar-refractivity contribution >= 4 is 6.09 Å². The Bertz CT molecular complexity index is 788. The number of carboxylic acid groups (broad SMARTS) is 1. The Balaban J connectivity index is 2.16. The molecule has 0 radical (unpaired) electrons. The Kier molecular flexibility index (Phi) is 30.9. The Hall–Kier alpha value is -1.89. The summed E-state index contributed by atoms with van der Waals surface area (Å²) in [5.74, 6) is 0. The predicted octanol–water partition coefficient (Wildman–Crippen LogP) is 12.1. The lowest BCUT2D eigenvalue weighted by molar-refractivity contribution is -0.171. The molecule has 0 aliphatic carbocycles. The van der Waals surface area contributed by atoms with Crippen LogP contribution in [0.1, 0.15) is 174 Å². The monoisotopic (exact) mass is 674 g/mol. The van der Waals surface area contributed by atoms with Gasteiger partial charge < -0.3 is 19.7 Å². The number of likely N-dealkylation sites (tertiary alicyclic amines) is 1. The lowest BCUT2D eigenvalue weighted by atomic mass is 10.1. The molecule has 2 atom stereocenters. The van der Waals surface area contributed by atoms with E-state index in [4.69, 9.17) is 9.47 Å². The highest BCUT2D eigenvalue weighted by atomic mass is 16.7. The van der Waals surface area contributed by atoms with E-state index in [-0.39, 0.29) is 6.54 Å². The van der Waals surface area contributed by atoms with Crippen molar-refractivity contribution in [3.63, 3.8) is 0 Å². The fraction of sp³-hybridized carbons (Fsp3) is 0.786. The molecule has 1 heterocycles. The highest BCUT2D eigenvalue weighted by Crippen LogP contribution is 2.24. The standard InChI is InChI=1S/C42H75NO5/c1-3-5-7-9-11-13-15-17-19-21-23-25-27-29-31-33-35-47-41(40-37-39(44)38-43(40)42(45)46)48-36-34-32-30-28-26-24-22-20-18-16-14-12-10-8-6-4-2/h11-14,17-20,39-41,44H,3-10,15-16,21-38H2,1-2H3,(H,45,46)/t39-,40+,41?/m1/s1. The van der Waals surface area contributed by atoms with Gasteiger partial charge in [-0.2, -0.15) is 0 Å². The summed E-state index contributed by atoms with van der Waals surface area (Å²) < 4.78 is 12.3. The third kappa shape index (κ3) is 26.0. The number of aliphatic hydroxyl groups excluding tert-OH is 1. The zero-order chi connectivity index (χ0) is 34.8. The van der Waals surface area contributed by atoms with Gasteiger partial charge in [0.2, 0.25) is 0 Å². The number of β-amino-alcohol motifs (C(OH)–C–C–N with tert-alkyl or cyclic N) is 1. The van der Waals surface area contributed by atoms with Gasteiger partial charge in [-0.15, -0.1) is 0 Å². The second-order valence-corrected chi connectivity index (χ2v) is 13.7. The molecule has 0 bridgehead atoms. The summed E-state index contributed by atoms with van der Waals surface area (Å²) in [6.45, 7) is 5.73. The van der Waals surface area contributed by atoms with E-state index in [0.717, 1.165) is 51.4 Å². The molecule has 1 aliphatic heterocycles. The van der Waals surface area contributed by atoms with Crippen molar-refractivity contribution in [2.24, 2.45) is 0 Å². The maximum Gasteiger partial charge on any atom is 0.407 e. The number of hydrogen-bond acceptors (Lipinski definition) is 4. The molecule has 1 fully saturated rings.